The van der Waals surface area contributed by atoms with E-state index >= 15 is 0 Å². The molecule has 12 heavy (non-hydrogen) atoms. The summed E-state index contributed by atoms with van der Waals surface area (Å²) in [5.74, 6) is 0. The lowest BCUT2D eigenvalue weighted by Crippen LogP contribution is -1.97. The molecule has 0 rings (SSSR count). The monoisotopic (exact) mass is 191 g/mol. The minimum absolute atomic E-state index is 0.310. The molecule has 0 aromatic rings. The molecular formula is C8H15O3S-. The zero-order valence-electron chi connectivity index (χ0n) is 7.16. The van der Waals surface area contributed by atoms with Gasteiger partial charge in [-0.3, -0.25) is 0 Å². The Morgan fingerprint density at radius 2 is 2.00 bits per heavy atom. The molecule has 0 spiro atoms. The predicted octanol–water partition coefficient (Wildman–Crippen LogP) is 1.93. The van der Waals surface area contributed by atoms with Gasteiger partial charge < -0.3 is 8.74 Å². The molecule has 0 saturated carbocycles. The van der Waals surface area contributed by atoms with Crippen LogP contribution in [0.1, 0.15) is 32.1 Å². The molecule has 0 aliphatic carbocycles. The van der Waals surface area contributed by atoms with E-state index in [-0.39, 0.29) is 0 Å². The van der Waals surface area contributed by atoms with Crippen LogP contribution in [-0.4, -0.2) is 15.4 Å². The van der Waals surface area contributed by atoms with E-state index in [0.29, 0.717) is 6.61 Å². The Hall–Kier alpha value is -0.190. The molecule has 0 aliphatic heterocycles. The van der Waals surface area contributed by atoms with Crippen molar-refractivity contribution in [1.29, 1.82) is 0 Å². The van der Waals surface area contributed by atoms with Crippen LogP contribution in [0.25, 0.3) is 0 Å². The minimum Gasteiger partial charge on any atom is -0.750 e. The second-order valence-electron chi connectivity index (χ2n) is 2.52. The summed E-state index contributed by atoms with van der Waals surface area (Å²) in [4.78, 5) is 0. The van der Waals surface area contributed by atoms with Crippen molar-refractivity contribution < 1.29 is 12.9 Å². The van der Waals surface area contributed by atoms with E-state index in [0.717, 1.165) is 32.1 Å². The Morgan fingerprint density at radius 1 is 1.33 bits per heavy atom. The van der Waals surface area contributed by atoms with Crippen molar-refractivity contribution in [2.24, 2.45) is 0 Å². The standard InChI is InChI=1S/C8H16O3S/c1-2-3-4-5-6-7-8-11-12(9)10/h2H,1,3-8H2,(H,9,10)/p-1. The second kappa shape index (κ2) is 8.90. The van der Waals surface area contributed by atoms with Crippen molar-refractivity contribution in [2.75, 3.05) is 6.61 Å². The summed E-state index contributed by atoms with van der Waals surface area (Å²) < 4.78 is 24.1. The first-order valence-electron chi connectivity index (χ1n) is 4.11. The van der Waals surface area contributed by atoms with Gasteiger partial charge in [0.25, 0.3) is 0 Å². The Bertz CT molecular complexity index is 136. The fourth-order valence-electron chi connectivity index (χ4n) is 0.871. The summed E-state index contributed by atoms with van der Waals surface area (Å²) >= 11 is -2.34. The van der Waals surface area contributed by atoms with Gasteiger partial charge in [-0.1, -0.05) is 18.9 Å². The zero-order chi connectivity index (χ0) is 9.23. The average molecular weight is 191 g/mol. The fraction of sp³-hybridized carbons (Fsp3) is 0.750. The minimum atomic E-state index is -2.34. The third-order valence-electron chi connectivity index (χ3n) is 1.48. The van der Waals surface area contributed by atoms with Crippen molar-refractivity contribution in [2.45, 2.75) is 32.1 Å². The van der Waals surface area contributed by atoms with Crippen LogP contribution in [0.5, 0.6) is 0 Å². The van der Waals surface area contributed by atoms with Gasteiger partial charge >= 0.3 is 0 Å². The molecular weight excluding hydrogens is 176 g/mol. The predicted molar refractivity (Wildman–Crippen MR) is 48.2 cm³/mol. The first-order valence-corrected chi connectivity index (χ1v) is 5.11. The normalized spacial score (nSPS) is 12.8. The van der Waals surface area contributed by atoms with Gasteiger partial charge in [-0.15, -0.1) is 6.58 Å². The summed E-state index contributed by atoms with van der Waals surface area (Å²) in [5.41, 5.74) is 0. The molecule has 1 unspecified atom stereocenters. The van der Waals surface area contributed by atoms with Crippen LogP contribution in [0.4, 0.5) is 0 Å². The van der Waals surface area contributed by atoms with Gasteiger partial charge in [0.2, 0.25) is 0 Å². The largest absolute Gasteiger partial charge is 0.750 e. The van der Waals surface area contributed by atoms with Crippen LogP contribution in [0.3, 0.4) is 0 Å². The molecule has 72 valence electrons. The van der Waals surface area contributed by atoms with E-state index < -0.39 is 11.4 Å². The fourth-order valence-corrected chi connectivity index (χ4v) is 1.13. The Labute approximate surface area is 76.3 Å². The molecule has 0 amide bonds. The molecule has 3 nitrogen and oxygen atoms in total. The molecule has 4 heteroatoms. The van der Waals surface area contributed by atoms with Gasteiger partial charge in [0.1, 0.15) is 0 Å². The highest BCUT2D eigenvalue weighted by Gasteiger charge is 1.89. The molecule has 0 radical (unpaired) electrons. The van der Waals surface area contributed by atoms with Crippen LogP contribution < -0.4 is 0 Å². The maximum Gasteiger partial charge on any atom is 0.0842 e. The molecule has 1 atom stereocenters. The van der Waals surface area contributed by atoms with E-state index in [1.807, 2.05) is 6.08 Å². The highest BCUT2D eigenvalue weighted by atomic mass is 32.2. The number of hydrogen-bond donors (Lipinski definition) is 0. The maximum atomic E-state index is 9.90. The van der Waals surface area contributed by atoms with Crippen molar-refractivity contribution in [3.05, 3.63) is 12.7 Å². The first-order chi connectivity index (χ1) is 5.77. The summed E-state index contributed by atoms with van der Waals surface area (Å²) in [7, 11) is 0. The van der Waals surface area contributed by atoms with Gasteiger partial charge in [0.15, 0.2) is 0 Å². The molecule has 0 saturated heterocycles. The van der Waals surface area contributed by atoms with Gasteiger partial charge in [-0.2, -0.15) is 0 Å². The molecule has 0 fully saturated rings. The number of rotatable bonds is 8. The third-order valence-corrected chi connectivity index (χ3v) is 1.84. The quantitative estimate of drug-likeness (QED) is 0.334. The lowest BCUT2D eigenvalue weighted by atomic mass is 10.1. The lowest BCUT2D eigenvalue weighted by Gasteiger charge is -2.04. The summed E-state index contributed by atoms with van der Waals surface area (Å²) in [6.07, 6.45) is 7.00. The van der Waals surface area contributed by atoms with Crippen LogP contribution in [-0.2, 0) is 15.5 Å². The maximum absolute atomic E-state index is 9.90. The summed E-state index contributed by atoms with van der Waals surface area (Å²) in [6, 6.07) is 0. The lowest BCUT2D eigenvalue weighted by molar-refractivity contribution is 0.291. The first kappa shape index (κ1) is 11.8. The smallest absolute Gasteiger partial charge is 0.0842 e. The van der Waals surface area contributed by atoms with E-state index in [9.17, 15) is 8.76 Å². The zero-order valence-corrected chi connectivity index (χ0v) is 7.98. The second-order valence-corrected chi connectivity index (χ2v) is 3.16. The van der Waals surface area contributed by atoms with Crippen molar-refractivity contribution in [1.82, 2.24) is 0 Å². The van der Waals surface area contributed by atoms with Crippen molar-refractivity contribution >= 4 is 11.4 Å². The van der Waals surface area contributed by atoms with Gasteiger partial charge in [0, 0.05) is 0 Å². The van der Waals surface area contributed by atoms with E-state index in [2.05, 4.69) is 10.8 Å². The van der Waals surface area contributed by atoms with Crippen LogP contribution in [0.15, 0.2) is 12.7 Å². The highest BCUT2D eigenvalue weighted by Crippen LogP contribution is 2.03. The molecule has 0 bridgehead atoms. The van der Waals surface area contributed by atoms with Gasteiger partial charge in [-0.25, -0.2) is 4.21 Å². The van der Waals surface area contributed by atoms with E-state index in [1.165, 1.54) is 0 Å². The number of unbranched alkanes of at least 4 members (excludes halogenated alkanes) is 4. The summed E-state index contributed by atoms with van der Waals surface area (Å²) in [6.45, 7) is 3.92. The molecule has 0 heterocycles. The molecule has 0 aromatic carbocycles. The molecule has 0 aliphatic rings. The van der Waals surface area contributed by atoms with Gasteiger partial charge in [0.05, 0.1) is 18.0 Å². The van der Waals surface area contributed by atoms with Crippen molar-refractivity contribution in [3.63, 3.8) is 0 Å². The third kappa shape index (κ3) is 9.81. The molecule has 0 aromatic heterocycles. The number of hydrogen-bond acceptors (Lipinski definition) is 3. The SMILES string of the molecule is C=CCCCCCCOS(=O)[O-]. The van der Waals surface area contributed by atoms with Crippen LogP contribution >= 0.6 is 0 Å². The Balaban J connectivity index is 2.90. The van der Waals surface area contributed by atoms with E-state index in [1.54, 1.807) is 0 Å². The Morgan fingerprint density at radius 3 is 2.58 bits per heavy atom. The topological polar surface area (TPSA) is 49.4 Å². The average Bonchev–Trinajstić information content (AvgIpc) is 2.02. The van der Waals surface area contributed by atoms with Gasteiger partial charge in [-0.05, 0) is 19.3 Å². The highest BCUT2D eigenvalue weighted by molar-refractivity contribution is 7.74. The van der Waals surface area contributed by atoms with Crippen LogP contribution in [0, 0.1) is 0 Å². The summed E-state index contributed by atoms with van der Waals surface area (Å²) in [5, 5.41) is 0. The van der Waals surface area contributed by atoms with Crippen molar-refractivity contribution in [3.8, 4) is 0 Å². The van der Waals surface area contributed by atoms with E-state index in [4.69, 9.17) is 0 Å². The number of allylic oxidation sites excluding steroid dienone is 1. The molecule has 0 N–H and O–H groups in total. The Kier molecular flexibility index (Phi) is 8.76. The van der Waals surface area contributed by atoms with Crippen LogP contribution in [0.2, 0.25) is 0 Å².